The Labute approximate surface area is 171 Å². The molecule has 0 radical (unpaired) electrons. The second kappa shape index (κ2) is 11.5. The maximum atomic E-state index is 13.0. The normalized spacial score (nSPS) is 14.3. The van der Waals surface area contributed by atoms with E-state index in [4.69, 9.17) is 23.7 Å². The van der Waals surface area contributed by atoms with E-state index in [9.17, 15) is 9.59 Å². The number of nitrogens with zero attached hydrogens (tertiary/aromatic N) is 2. The van der Waals surface area contributed by atoms with E-state index < -0.39 is 0 Å². The van der Waals surface area contributed by atoms with E-state index in [2.05, 4.69) is 0 Å². The lowest BCUT2D eigenvalue weighted by Crippen LogP contribution is -2.39. The van der Waals surface area contributed by atoms with Crippen molar-refractivity contribution in [3.05, 3.63) is 17.7 Å². The molecule has 2 amide bonds. The van der Waals surface area contributed by atoms with E-state index in [1.165, 1.54) is 21.3 Å². The summed E-state index contributed by atoms with van der Waals surface area (Å²) in [6.07, 6.45) is 0.694. The SMILES string of the molecule is COCCOCC(=O)N1CCCN(C(=O)c2cc(OC)c(OC)c(OC)c2)CC1. The molecular formula is C20H30N2O7. The van der Waals surface area contributed by atoms with Gasteiger partial charge >= 0.3 is 0 Å². The molecule has 9 heteroatoms. The number of amides is 2. The fourth-order valence-electron chi connectivity index (χ4n) is 3.15. The van der Waals surface area contributed by atoms with Gasteiger partial charge in [-0.15, -0.1) is 0 Å². The van der Waals surface area contributed by atoms with Crippen LogP contribution in [0.1, 0.15) is 16.8 Å². The molecule has 0 aromatic heterocycles. The van der Waals surface area contributed by atoms with E-state index in [1.54, 1.807) is 29.0 Å². The Hall–Kier alpha value is -2.52. The van der Waals surface area contributed by atoms with Crippen molar-refractivity contribution in [1.82, 2.24) is 9.80 Å². The summed E-state index contributed by atoms with van der Waals surface area (Å²) in [5, 5.41) is 0. The number of hydrogen-bond acceptors (Lipinski definition) is 7. The lowest BCUT2D eigenvalue weighted by Gasteiger charge is -2.23. The van der Waals surface area contributed by atoms with Gasteiger partial charge < -0.3 is 33.5 Å². The number of rotatable bonds is 9. The first-order valence-electron chi connectivity index (χ1n) is 9.49. The van der Waals surface area contributed by atoms with Crippen LogP contribution in [0.15, 0.2) is 12.1 Å². The van der Waals surface area contributed by atoms with Gasteiger partial charge in [-0.1, -0.05) is 0 Å². The van der Waals surface area contributed by atoms with E-state index in [0.717, 1.165) is 0 Å². The summed E-state index contributed by atoms with van der Waals surface area (Å²) in [4.78, 5) is 28.8. The third kappa shape index (κ3) is 5.98. The lowest BCUT2D eigenvalue weighted by atomic mass is 10.1. The fraction of sp³-hybridized carbons (Fsp3) is 0.600. The molecule has 1 fully saturated rings. The smallest absolute Gasteiger partial charge is 0.254 e. The zero-order valence-corrected chi connectivity index (χ0v) is 17.6. The van der Waals surface area contributed by atoms with Crippen LogP contribution >= 0.6 is 0 Å². The lowest BCUT2D eigenvalue weighted by molar-refractivity contribution is -0.136. The third-order valence-electron chi connectivity index (χ3n) is 4.70. The monoisotopic (exact) mass is 410 g/mol. The van der Waals surface area contributed by atoms with E-state index >= 15 is 0 Å². The molecule has 1 aromatic rings. The Morgan fingerprint density at radius 3 is 2.07 bits per heavy atom. The number of hydrogen-bond donors (Lipinski definition) is 0. The number of methoxy groups -OCH3 is 4. The minimum absolute atomic E-state index is 0.0180. The highest BCUT2D eigenvalue weighted by Gasteiger charge is 2.25. The topological polar surface area (TPSA) is 86.8 Å². The maximum Gasteiger partial charge on any atom is 0.254 e. The molecule has 162 valence electrons. The van der Waals surface area contributed by atoms with Gasteiger partial charge in [-0.3, -0.25) is 9.59 Å². The van der Waals surface area contributed by atoms with E-state index in [-0.39, 0.29) is 18.4 Å². The largest absolute Gasteiger partial charge is 0.493 e. The molecule has 0 spiro atoms. The molecule has 1 aliphatic rings. The van der Waals surface area contributed by atoms with Crippen molar-refractivity contribution in [3.8, 4) is 17.2 Å². The van der Waals surface area contributed by atoms with Gasteiger partial charge in [-0.05, 0) is 18.6 Å². The van der Waals surface area contributed by atoms with Crippen LogP contribution in [0.5, 0.6) is 17.2 Å². The van der Waals surface area contributed by atoms with Crippen LogP contribution in [-0.2, 0) is 14.3 Å². The van der Waals surface area contributed by atoms with Gasteiger partial charge in [-0.25, -0.2) is 0 Å². The Kier molecular flexibility index (Phi) is 9.01. The van der Waals surface area contributed by atoms with Gasteiger partial charge in [0.25, 0.3) is 5.91 Å². The Morgan fingerprint density at radius 2 is 1.48 bits per heavy atom. The summed E-state index contributed by atoms with van der Waals surface area (Å²) in [6, 6.07) is 3.28. The fourth-order valence-corrected chi connectivity index (χ4v) is 3.15. The van der Waals surface area contributed by atoms with Crippen molar-refractivity contribution in [3.63, 3.8) is 0 Å². The molecule has 1 aromatic carbocycles. The summed E-state index contributed by atoms with van der Waals surface area (Å²) in [5.74, 6) is 1.07. The molecule has 0 aliphatic carbocycles. The Balaban J connectivity index is 2.03. The van der Waals surface area contributed by atoms with Crippen LogP contribution < -0.4 is 14.2 Å². The first-order valence-corrected chi connectivity index (χ1v) is 9.49. The van der Waals surface area contributed by atoms with Crippen molar-refractivity contribution in [2.75, 3.05) is 74.4 Å². The third-order valence-corrected chi connectivity index (χ3v) is 4.70. The second-order valence-electron chi connectivity index (χ2n) is 6.49. The average molecular weight is 410 g/mol. The van der Waals surface area contributed by atoms with Crippen LogP contribution in [0.25, 0.3) is 0 Å². The van der Waals surface area contributed by atoms with Gasteiger partial charge in [-0.2, -0.15) is 0 Å². The van der Waals surface area contributed by atoms with Crippen molar-refractivity contribution in [2.45, 2.75) is 6.42 Å². The Bertz CT molecular complexity index is 670. The van der Waals surface area contributed by atoms with Crippen LogP contribution in [0, 0.1) is 0 Å². The molecule has 2 rings (SSSR count). The summed E-state index contributed by atoms with van der Waals surface area (Å²) < 4.78 is 26.2. The maximum absolute atomic E-state index is 13.0. The standard InChI is InChI=1S/C20H30N2O7/c1-25-10-11-29-14-18(23)21-6-5-7-22(9-8-21)20(24)15-12-16(26-2)19(28-4)17(13-15)27-3/h12-13H,5-11,14H2,1-4H3. The summed E-state index contributed by atoms with van der Waals surface area (Å²) in [7, 11) is 6.12. The molecule has 0 N–H and O–H groups in total. The zero-order chi connectivity index (χ0) is 21.2. The minimum atomic E-state index is -0.144. The van der Waals surface area contributed by atoms with E-state index in [1.807, 2.05) is 0 Å². The predicted molar refractivity (Wildman–Crippen MR) is 106 cm³/mol. The quantitative estimate of drug-likeness (QED) is 0.563. The number of carbonyl (C=O) groups excluding carboxylic acids is 2. The highest BCUT2D eigenvalue weighted by Crippen LogP contribution is 2.38. The van der Waals surface area contributed by atoms with Gasteiger partial charge in [0.05, 0.1) is 34.5 Å². The molecule has 1 saturated heterocycles. The molecule has 0 unspecified atom stereocenters. The van der Waals surface area contributed by atoms with Crippen molar-refractivity contribution in [1.29, 1.82) is 0 Å². The van der Waals surface area contributed by atoms with Gasteiger partial charge in [0.1, 0.15) is 6.61 Å². The number of carbonyl (C=O) groups is 2. The van der Waals surface area contributed by atoms with Crippen LogP contribution in [0.2, 0.25) is 0 Å². The first kappa shape index (κ1) is 22.8. The highest BCUT2D eigenvalue weighted by molar-refractivity contribution is 5.95. The van der Waals surface area contributed by atoms with Gasteiger partial charge in [0, 0.05) is 38.9 Å². The molecule has 29 heavy (non-hydrogen) atoms. The predicted octanol–water partition coefficient (Wildman–Crippen LogP) is 1.05. The average Bonchev–Trinajstić information content (AvgIpc) is 3.01. The zero-order valence-electron chi connectivity index (χ0n) is 17.6. The number of benzene rings is 1. The summed E-state index contributed by atoms with van der Waals surface area (Å²) in [5.41, 5.74) is 0.446. The Morgan fingerprint density at radius 1 is 0.862 bits per heavy atom. The van der Waals surface area contributed by atoms with Crippen LogP contribution in [-0.4, -0.2) is 96.1 Å². The van der Waals surface area contributed by atoms with Crippen molar-refractivity contribution in [2.24, 2.45) is 0 Å². The summed E-state index contributed by atoms with van der Waals surface area (Å²) in [6.45, 7) is 2.90. The van der Waals surface area contributed by atoms with Crippen LogP contribution in [0.3, 0.4) is 0 Å². The molecule has 1 aliphatic heterocycles. The number of ether oxygens (including phenoxy) is 5. The van der Waals surface area contributed by atoms with Crippen LogP contribution in [0.4, 0.5) is 0 Å². The van der Waals surface area contributed by atoms with Gasteiger partial charge in [0.15, 0.2) is 11.5 Å². The molecule has 1 heterocycles. The first-order chi connectivity index (χ1) is 14.0. The molecule has 0 bridgehead atoms. The van der Waals surface area contributed by atoms with Crippen molar-refractivity contribution >= 4 is 11.8 Å². The highest BCUT2D eigenvalue weighted by atomic mass is 16.5. The minimum Gasteiger partial charge on any atom is -0.493 e. The molecule has 0 atom stereocenters. The second-order valence-corrected chi connectivity index (χ2v) is 6.49. The van der Waals surface area contributed by atoms with Crippen molar-refractivity contribution < 1.29 is 33.3 Å². The molecule has 0 saturated carbocycles. The van der Waals surface area contributed by atoms with Gasteiger partial charge in [0.2, 0.25) is 11.7 Å². The molecule has 9 nitrogen and oxygen atoms in total. The molecular weight excluding hydrogens is 380 g/mol. The summed E-state index contributed by atoms with van der Waals surface area (Å²) >= 11 is 0. The van der Waals surface area contributed by atoms with E-state index in [0.29, 0.717) is 68.6 Å².